The number of benzene rings is 1. The molecular weight excluding hydrogens is 482 g/mol. The van der Waals surface area contributed by atoms with E-state index in [1.807, 2.05) is 24.4 Å². The summed E-state index contributed by atoms with van der Waals surface area (Å²) in [6.45, 7) is 5.36. The third-order valence-electron chi connectivity index (χ3n) is 8.46. The molecule has 10 heteroatoms. The van der Waals surface area contributed by atoms with Crippen molar-refractivity contribution in [1.29, 1.82) is 0 Å². The molecular formula is C28H31N7O3. The van der Waals surface area contributed by atoms with Crippen molar-refractivity contribution in [3.05, 3.63) is 47.2 Å². The van der Waals surface area contributed by atoms with Crippen LogP contribution in [0.2, 0.25) is 0 Å². The van der Waals surface area contributed by atoms with Crippen LogP contribution in [0.3, 0.4) is 0 Å². The lowest BCUT2D eigenvalue weighted by Gasteiger charge is -2.36. The Kier molecular flexibility index (Phi) is 5.55. The molecule has 3 amide bonds. The number of fused-ring (bicyclic) bond motifs is 2. The van der Waals surface area contributed by atoms with Crippen molar-refractivity contribution in [2.45, 2.75) is 50.9 Å². The van der Waals surface area contributed by atoms with Gasteiger partial charge in [-0.05, 0) is 68.7 Å². The van der Waals surface area contributed by atoms with E-state index in [0.29, 0.717) is 24.6 Å². The van der Waals surface area contributed by atoms with E-state index in [1.165, 1.54) is 18.4 Å². The number of aromatic nitrogens is 3. The number of carbonyl (C=O) groups excluding carboxylic acids is 3. The van der Waals surface area contributed by atoms with Crippen molar-refractivity contribution in [3.63, 3.8) is 0 Å². The second kappa shape index (κ2) is 8.99. The maximum absolute atomic E-state index is 13.2. The first-order chi connectivity index (χ1) is 18.4. The van der Waals surface area contributed by atoms with E-state index in [1.54, 1.807) is 4.90 Å². The van der Waals surface area contributed by atoms with Gasteiger partial charge in [-0.15, -0.1) is 0 Å². The fourth-order valence-electron chi connectivity index (χ4n) is 6.36. The number of hydrogen-bond donors (Lipinski definition) is 1. The highest BCUT2D eigenvalue weighted by Crippen LogP contribution is 2.33. The molecule has 6 heterocycles. The summed E-state index contributed by atoms with van der Waals surface area (Å²) in [4.78, 5) is 48.7. The van der Waals surface area contributed by atoms with Gasteiger partial charge in [0.1, 0.15) is 6.04 Å². The molecule has 0 saturated carbocycles. The van der Waals surface area contributed by atoms with Crippen LogP contribution in [-0.4, -0.2) is 86.5 Å². The van der Waals surface area contributed by atoms with Gasteiger partial charge in [0.25, 0.3) is 5.91 Å². The normalized spacial score (nSPS) is 22.8. The first kappa shape index (κ1) is 23.5. The fourth-order valence-corrected chi connectivity index (χ4v) is 6.36. The quantitative estimate of drug-likeness (QED) is 0.520. The van der Waals surface area contributed by atoms with Crippen molar-refractivity contribution >= 4 is 28.8 Å². The average Bonchev–Trinajstić information content (AvgIpc) is 3.62. The molecule has 0 aliphatic carbocycles. The van der Waals surface area contributed by atoms with E-state index in [9.17, 15) is 14.4 Å². The Balaban J connectivity index is 1.24. The van der Waals surface area contributed by atoms with Gasteiger partial charge in [0.05, 0.1) is 17.9 Å². The molecule has 10 nitrogen and oxygen atoms in total. The van der Waals surface area contributed by atoms with E-state index >= 15 is 0 Å². The summed E-state index contributed by atoms with van der Waals surface area (Å²) >= 11 is 0. The molecule has 0 spiro atoms. The SMILES string of the molecule is CN1CC(n2ncc3c(CN4CCCC4)cc(-c4ccc5c(c4)CN(C4CCC(=O)NC4=O)C5=O)nc32)C1. The monoisotopic (exact) mass is 513 g/mol. The van der Waals surface area contributed by atoms with Gasteiger partial charge in [-0.1, -0.05) is 6.07 Å². The van der Waals surface area contributed by atoms with Crippen molar-refractivity contribution in [2.75, 3.05) is 33.2 Å². The molecule has 3 aromatic rings. The molecule has 4 aliphatic rings. The minimum atomic E-state index is -0.618. The molecule has 0 radical (unpaired) electrons. The van der Waals surface area contributed by atoms with Crippen LogP contribution in [0.5, 0.6) is 0 Å². The topological polar surface area (TPSA) is 104 Å². The molecule has 7 rings (SSSR count). The first-order valence-electron chi connectivity index (χ1n) is 13.5. The number of imide groups is 1. The summed E-state index contributed by atoms with van der Waals surface area (Å²) in [6.07, 6.45) is 5.04. The Bertz CT molecular complexity index is 1470. The zero-order valence-corrected chi connectivity index (χ0v) is 21.5. The lowest BCUT2D eigenvalue weighted by Crippen LogP contribution is -2.52. The number of pyridine rings is 1. The maximum Gasteiger partial charge on any atom is 0.255 e. The number of hydrogen-bond acceptors (Lipinski definition) is 7. The molecule has 1 unspecified atom stereocenters. The minimum absolute atomic E-state index is 0.161. The average molecular weight is 514 g/mol. The van der Waals surface area contributed by atoms with Gasteiger partial charge >= 0.3 is 0 Å². The molecule has 1 aromatic carbocycles. The highest BCUT2D eigenvalue weighted by molar-refractivity contribution is 6.05. The van der Waals surface area contributed by atoms with Gasteiger partial charge in [0.15, 0.2) is 5.65 Å². The largest absolute Gasteiger partial charge is 0.322 e. The Hall–Kier alpha value is -3.63. The molecule has 1 atom stereocenters. The number of carbonyl (C=O) groups is 3. The molecule has 38 heavy (non-hydrogen) atoms. The second-order valence-corrected chi connectivity index (χ2v) is 11.1. The summed E-state index contributed by atoms with van der Waals surface area (Å²) in [7, 11) is 2.11. The maximum atomic E-state index is 13.2. The molecule has 4 aliphatic heterocycles. The van der Waals surface area contributed by atoms with Gasteiger partial charge in [-0.3, -0.25) is 24.6 Å². The van der Waals surface area contributed by atoms with Gasteiger partial charge in [0, 0.05) is 49.1 Å². The van der Waals surface area contributed by atoms with Crippen LogP contribution in [0.25, 0.3) is 22.3 Å². The third kappa shape index (κ3) is 3.90. The molecule has 3 fully saturated rings. The Labute approximate surface area is 220 Å². The first-order valence-corrected chi connectivity index (χ1v) is 13.5. The van der Waals surface area contributed by atoms with E-state index in [2.05, 4.69) is 32.9 Å². The van der Waals surface area contributed by atoms with Gasteiger partial charge in [-0.25, -0.2) is 9.67 Å². The Morgan fingerprint density at radius 1 is 1.08 bits per heavy atom. The summed E-state index contributed by atoms with van der Waals surface area (Å²) < 4.78 is 2.08. The number of rotatable bonds is 5. The van der Waals surface area contributed by atoms with E-state index in [0.717, 1.165) is 60.6 Å². The highest BCUT2D eigenvalue weighted by atomic mass is 16.2. The molecule has 3 saturated heterocycles. The molecule has 1 N–H and O–H groups in total. The Morgan fingerprint density at radius 3 is 2.66 bits per heavy atom. The van der Waals surface area contributed by atoms with Crippen LogP contribution >= 0.6 is 0 Å². The van der Waals surface area contributed by atoms with Crippen LogP contribution in [0.1, 0.15) is 53.2 Å². The van der Waals surface area contributed by atoms with Crippen LogP contribution in [-0.2, 0) is 22.7 Å². The van der Waals surface area contributed by atoms with E-state index < -0.39 is 11.9 Å². The van der Waals surface area contributed by atoms with E-state index in [4.69, 9.17) is 10.1 Å². The smallest absolute Gasteiger partial charge is 0.255 e. The number of nitrogens with one attached hydrogen (secondary N) is 1. The molecule has 2 aromatic heterocycles. The summed E-state index contributed by atoms with van der Waals surface area (Å²) in [6, 6.07) is 7.72. The lowest BCUT2D eigenvalue weighted by molar-refractivity contribution is -0.136. The van der Waals surface area contributed by atoms with Crippen LogP contribution in [0.4, 0.5) is 0 Å². The van der Waals surface area contributed by atoms with Crippen molar-refractivity contribution < 1.29 is 14.4 Å². The minimum Gasteiger partial charge on any atom is -0.322 e. The lowest BCUT2D eigenvalue weighted by atomic mass is 10.0. The molecule has 0 bridgehead atoms. The van der Waals surface area contributed by atoms with Crippen LogP contribution in [0.15, 0.2) is 30.5 Å². The predicted octanol–water partition coefficient (Wildman–Crippen LogP) is 1.94. The zero-order valence-electron chi connectivity index (χ0n) is 21.5. The molecule has 196 valence electrons. The standard InChI is InChI=1S/C28H31N7O3/c1-32-15-20(16-32)35-26-22(12-29-35)19(13-33-8-2-3-9-33)11-23(30-26)17-4-5-21-18(10-17)14-34(28(21)38)24-6-7-25(36)31-27(24)37/h4-5,10-12,20,24H,2-3,6-9,13-16H2,1H3,(H,31,36,37). The number of piperidine rings is 1. The number of amides is 3. The van der Waals surface area contributed by atoms with Crippen molar-refractivity contribution in [1.82, 2.24) is 34.8 Å². The van der Waals surface area contributed by atoms with Gasteiger partial charge < -0.3 is 9.80 Å². The van der Waals surface area contributed by atoms with Gasteiger partial charge in [0.2, 0.25) is 11.8 Å². The second-order valence-electron chi connectivity index (χ2n) is 11.1. The van der Waals surface area contributed by atoms with Crippen LogP contribution < -0.4 is 5.32 Å². The van der Waals surface area contributed by atoms with Crippen molar-refractivity contribution in [3.8, 4) is 11.3 Å². The number of likely N-dealkylation sites (tertiary alicyclic amines) is 2. The van der Waals surface area contributed by atoms with E-state index in [-0.39, 0.29) is 18.2 Å². The predicted molar refractivity (Wildman–Crippen MR) is 140 cm³/mol. The number of nitrogens with zero attached hydrogens (tertiary/aromatic N) is 6. The van der Waals surface area contributed by atoms with Crippen molar-refractivity contribution in [2.24, 2.45) is 0 Å². The zero-order chi connectivity index (χ0) is 26.0. The summed E-state index contributed by atoms with van der Waals surface area (Å²) in [5.41, 5.74) is 5.46. The van der Waals surface area contributed by atoms with Gasteiger partial charge in [-0.2, -0.15) is 5.10 Å². The summed E-state index contributed by atoms with van der Waals surface area (Å²) in [5, 5.41) is 8.24. The summed E-state index contributed by atoms with van der Waals surface area (Å²) in [5.74, 6) is -0.834. The highest BCUT2D eigenvalue weighted by Gasteiger charge is 2.39. The fraction of sp³-hybridized carbons (Fsp3) is 0.464. The number of likely N-dealkylation sites (N-methyl/N-ethyl adjacent to an activating group) is 1. The van der Waals surface area contributed by atoms with Crippen LogP contribution in [0, 0.1) is 0 Å². The third-order valence-corrected chi connectivity index (χ3v) is 8.46. The Morgan fingerprint density at radius 2 is 1.89 bits per heavy atom.